The number of halogens is 3. The molecule has 0 bridgehead atoms. The topological polar surface area (TPSA) is 41.1 Å². The summed E-state index contributed by atoms with van der Waals surface area (Å²) in [7, 11) is 0. The van der Waals surface area contributed by atoms with Gasteiger partial charge in [-0.3, -0.25) is 4.79 Å². The molecule has 0 radical (unpaired) electrons. The normalized spacial score (nSPS) is 19.6. The highest BCUT2D eigenvalue weighted by Gasteiger charge is 2.31. The zero-order valence-corrected chi connectivity index (χ0v) is 11.5. The minimum atomic E-state index is -4.37. The third kappa shape index (κ3) is 4.42. The average Bonchev–Trinajstić information content (AvgIpc) is 2.40. The lowest BCUT2D eigenvalue weighted by Crippen LogP contribution is -2.43. The lowest BCUT2D eigenvalue weighted by Gasteiger charge is -2.23. The lowest BCUT2D eigenvalue weighted by atomic mass is 10.0. The summed E-state index contributed by atoms with van der Waals surface area (Å²) in [5.74, 6) is -0.278. The van der Waals surface area contributed by atoms with Crippen molar-refractivity contribution in [1.29, 1.82) is 0 Å². The van der Waals surface area contributed by atoms with Crippen LogP contribution in [-0.2, 0) is 4.79 Å². The second kappa shape index (κ2) is 6.49. The molecule has 1 atom stereocenters. The van der Waals surface area contributed by atoms with Gasteiger partial charge in [-0.2, -0.15) is 13.2 Å². The molecule has 2 N–H and O–H groups in total. The molecule has 1 amide bonds. The van der Waals surface area contributed by atoms with Crippen LogP contribution in [0.1, 0.15) is 19.3 Å². The van der Waals surface area contributed by atoms with Crippen LogP contribution in [0, 0.1) is 0 Å². The number of alkyl halides is 3. The Kier molecular flexibility index (Phi) is 4.93. The molecular weight excluding hydrogens is 289 g/mol. The molecule has 1 aromatic rings. The van der Waals surface area contributed by atoms with E-state index in [9.17, 15) is 18.0 Å². The molecular formula is C13H15F3N2OS. The summed E-state index contributed by atoms with van der Waals surface area (Å²) in [6.45, 7) is 0.761. The van der Waals surface area contributed by atoms with Crippen LogP contribution in [0.2, 0.25) is 0 Å². The highest BCUT2D eigenvalue weighted by Crippen LogP contribution is 2.40. The molecule has 1 fully saturated rings. The van der Waals surface area contributed by atoms with Crippen LogP contribution in [0.25, 0.3) is 0 Å². The Morgan fingerprint density at radius 2 is 2.05 bits per heavy atom. The summed E-state index contributed by atoms with van der Waals surface area (Å²) in [5.41, 5.74) is -4.17. The summed E-state index contributed by atoms with van der Waals surface area (Å²) in [6.07, 6.45) is 2.68. The van der Waals surface area contributed by atoms with Crippen LogP contribution in [0.15, 0.2) is 29.2 Å². The largest absolute Gasteiger partial charge is 0.446 e. The molecule has 1 aliphatic heterocycles. The number of piperidine rings is 1. The second-order valence-corrected chi connectivity index (χ2v) is 5.64. The van der Waals surface area contributed by atoms with E-state index >= 15 is 0 Å². The number of benzene rings is 1. The predicted octanol–water partition coefficient (Wildman–Crippen LogP) is 3.38. The molecule has 0 unspecified atom stereocenters. The van der Waals surface area contributed by atoms with Gasteiger partial charge in [0, 0.05) is 4.90 Å². The number of anilines is 1. The maximum absolute atomic E-state index is 12.5. The fraction of sp³-hybridized carbons (Fsp3) is 0.462. The SMILES string of the molecule is O=C(Nc1ccccc1SC(F)(F)F)[C@@H]1CCCCN1. The van der Waals surface area contributed by atoms with Crippen LogP contribution in [-0.4, -0.2) is 24.0 Å². The van der Waals surface area contributed by atoms with Crippen molar-refractivity contribution in [3.05, 3.63) is 24.3 Å². The Morgan fingerprint density at radius 1 is 1.30 bits per heavy atom. The molecule has 20 heavy (non-hydrogen) atoms. The maximum Gasteiger partial charge on any atom is 0.446 e. The zero-order valence-electron chi connectivity index (χ0n) is 10.7. The molecule has 7 heteroatoms. The quantitative estimate of drug-likeness (QED) is 0.841. The summed E-state index contributed by atoms with van der Waals surface area (Å²) in [5, 5.41) is 5.65. The number of para-hydroxylation sites is 1. The minimum absolute atomic E-state index is 0.00385. The van der Waals surface area contributed by atoms with Gasteiger partial charge >= 0.3 is 5.51 Å². The summed E-state index contributed by atoms with van der Waals surface area (Å²) in [4.78, 5) is 12.0. The van der Waals surface area contributed by atoms with E-state index in [1.807, 2.05) is 0 Å². The van der Waals surface area contributed by atoms with Gasteiger partial charge in [0.05, 0.1) is 11.7 Å². The van der Waals surface area contributed by atoms with Gasteiger partial charge in [-0.05, 0) is 43.3 Å². The van der Waals surface area contributed by atoms with Crippen molar-refractivity contribution in [2.75, 3.05) is 11.9 Å². The van der Waals surface area contributed by atoms with Gasteiger partial charge in [0.1, 0.15) is 0 Å². The van der Waals surface area contributed by atoms with Crippen LogP contribution >= 0.6 is 11.8 Å². The highest BCUT2D eigenvalue weighted by atomic mass is 32.2. The van der Waals surface area contributed by atoms with Crippen LogP contribution < -0.4 is 10.6 Å². The zero-order chi connectivity index (χ0) is 14.6. The van der Waals surface area contributed by atoms with Gasteiger partial charge in [0.15, 0.2) is 0 Å². The number of amides is 1. The monoisotopic (exact) mass is 304 g/mol. The Balaban J connectivity index is 2.06. The first-order valence-electron chi connectivity index (χ1n) is 6.35. The first-order chi connectivity index (χ1) is 9.46. The van der Waals surface area contributed by atoms with E-state index in [4.69, 9.17) is 0 Å². The number of carbonyl (C=O) groups is 1. The number of rotatable bonds is 3. The standard InChI is InChI=1S/C13H15F3N2OS/c14-13(15,16)20-11-7-2-1-5-9(11)18-12(19)10-6-3-4-8-17-10/h1-2,5,7,10,17H,3-4,6,8H2,(H,18,19)/t10-/m0/s1. The number of thioether (sulfide) groups is 1. The molecule has 1 aromatic carbocycles. The van der Waals surface area contributed by atoms with E-state index in [2.05, 4.69) is 10.6 Å². The van der Waals surface area contributed by atoms with Gasteiger partial charge in [0.25, 0.3) is 0 Å². The van der Waals surface area contributed by atoms with Crippen LogP contribution in [0.3, 0.4) is 0 Å². The highest BCUT2D eigenvalue weighted by molar-refractivity contribution is 8.00. The maximum atomic E-state index is 12.5. The fourth-order valence-corrected chi connectivity index (χ4v) is 2.70. The van der Waals surface area contributed by atoms with E-state index in [1.54, 1.807) is 6.07 Å². The smallest absolute Gasteiger partial charge is 0.324 e. The number of hydrogen-bond acceptors (Lipinski definition) is 3. The van der Waals surface area contributed by atoms with Gasteiger partial charge in [-0.15, -0.1) is 0 Å². The predicted molar refractivity (Wildman–Crippen MR) is 72.6 cm³/mol. The van der Waals surface area contributed by atoms with Crippen molar-refractivity contribution in [3.63, 3.8) is 0 Å². The summed E-state index contributed by atoms with van der Waals surface area (Å²) >= 11 is -0.219. The van der Waals surface area contributed by atoms with Crippen molar-refractivity contribution in [3.8, 4) is 0 Å². The van der Waals surface area contributed by atoms with Crippen molar-refractivity contribution < 1.29 is 18.0 Å². The first-order valence-corrected chi connectivity index (χ1v) is 7.16. The van der Waals surface area contributed by atoms with Gasteiger partial charge in [-0.1, -0.05) is 18.6 Å². The Bertz CT molecular complexity index is 473. The molecule has 1 heterocycles. The van der Waals surface area contributed by atoms with Gasteiger partial charge in [-0.25, -0.2) is 0 Å². The number of hydrogen-bond donors (Lipinski definition) is 2. The van der Waals surface area contributed by atoms with E-state index in [0.29, 0.717) is 6.42 Å². The number of nitrogens with one attached hydrogen (secondary N) is 2. The summed E-state index contributed by atoms with van der Waals surface area (Å²) in [6, 6.07) is 5.62. The lowest BCUT2D eigenvalue weighted by molar-refractivity contribution is -0.118. The van der Waals surface area contributed by atoms with E-state index in [-0.39, 0.29) is 34.3 Å². The molecule has 3 nitrogen and oxygen atoms in total. The third-order valence-corrected chi connectivity index (χ3v) is 3.80. The van der Waals surface area contributed by atoms with Crippen LogP contribution in [0.5, 0.6) is 0 Å². The second-order valence-electron chi connectivity index (χ2n) is 4.54. The van der Waals surface area contributed by atoms with E-state index in [0.717, 1.165) is 19.4 Å². The van der Waals surface area contributed by atoms with Gasteiger partial charge in [0.2, 0.25) is 5.91 Å². The van der Waals surface area contributed by atoms with Gasteiger partial charge < -0.3 is 10.6 Å². The van der Waals surface area contributed by atoms with Crippen molar-refractivity contribution >= 4 is 23.4 Å². The molecule has 0 aliphatic carbocycles. The van der Waals surface area contributed by atoms with Crippen molar-refractivity contribution in [1.82, 2.24) is 5.32 Å². The molecule has 0 saturated carbocycles. The molecule has 1 aliphatic rings. The summed E-state index contributed by atoms with van der Waals surface area (Å²) < 4.78 is 37.4. The Labute approximate surface area is 119 Å². The van der Waals surface area contributed by atoms with Crippen LogP contribution in [0.4, 0.5) is 18.9 Å². The Morgan fingerprint density at radius 3 is 2.70 bits per heavy atom. The van der Waals surface area contributed by atoms with E-state index in [1.165, 1.54) is 18.2 Å². The fourth-order valence-electron chi connectivity index (χ4n) is 2.08. The van der Waals surface area contributed by atoms with Crippen molar-refractivity contribution in [2.24, 2.45) is 0 Å². The molecule has 1 saturated heterocycles. The number of carbonyl (C=O) groups excluding carboxylic acids is 1. The molecule has 0 aromatic heterocycles. The first kappa shape index (κ1) is 15.2. The third-order valence-electron chi connectivity index (χ3n) is 3.00. The minimum Gasteiger partial charge on any atom is -0.324 e. The molecule has 0 spiro atoms. The average molecular weight is 304 g/mol. The van der Waals surface area contributed by atoms with E-state index < -0.39 is 5.51 Å². The van der Waals surface area contributed by atoms with Crippen molar-refractivity contribution in [2.45, 2.75) is 35.7 Å². The molecule has 2 rings (SSSR count). The Hall–Kier alpha value is -1.21. The molecule has 110 valence electrons.